The third-order valence-electron chi connectivity index (χ3n) is 5.49. The van der Waals surface area contributed by atoms with Crippen LogP contribution in [0, 0.1) is 0 Å². The van der Waals surface area contributed by atoms with E-state index in [0.717, 1.165) is 23.3 Å². The predicted octanol–water partition coefficient (Wildman–Crippen LogP) is 4.16. The minimum Gasteiger partial charge on any atom is -0.346 e. The van der Waals surface area contributed by atoms with Crippen molar-refractivity contribution in [3.63, 3.8) is 0 Å². The number of aliphatic imine (C=N–C) groups is 1. The lowest BCUT2D eigenvalue weighted by Crippen LogP contribution is -2.40. The Morgan fingerprint density at radius 1 is 1.25 bits per heavy atom. The SMILES string of the molecule is CC1(C)c2cccc(C(=O)NO)c2CN1C1=Nc2ccc(C(F)(F)F)cc2C1. The Kier molecular flexibility index (Phi) is 4.01. The summed E-state index contributed by atoms with van der Waals surface area (Å²) >= 11 is 0. The number of carbonyl (C=O) groups is 1. The minimum atomic E-state index is -4.40. The molecule has 0 spiro atoms. The number of hydrogen-bond acceptors (Lipinski definition) is 4. The van der Waals surface area contributed by atoms with E-state index in [1.54, 1.807) is 17.6 Å². The zero-order chi connectivity index (χ0) is 20.3. The van der Waals surface area contributed by atoms with E-state index in [2.05, 4.69) is 4.99 Å². The summed E-state index contributed by atoms with van der Waals surface area (Å²) in [6.07, 6.45) is -4.11. The highest BCUT2D eigenvalue weighted by molar-refractivity contribution is 5.97. The third-order valence-corrected chi connectivity index (χ3v) is 5.49. The van der Waals surface area contributed by atoms with Crippen molar-refractivity contribution >= 4 is 17.4 Å². The molecule has 2 aliphatic heterocycles. The average molecular weight is 389 g/mol. The van der Waals surface area contributed by atoms with Crippen molar-refractivity contribution < 1.29 is 23.2 Å². The van der Waals surface area contributed by atoms with Gasteiger partial charge in [0.05, 0.1) is 16.8 Å². The van der Waals surface area contributed by atoms with Crippen LogP contribution in [0.1, 0.15) is 46.5 Å². The molecule has 0 saturated carbocycles. The largest absolute Gasteiger partial charge is 0.416 e. The van der Waals surface area contributed by atoms with Gasteiger partial charge < -0.3 is 4.90 Å². The molecule has 2 aliphatic rings. The first-order valence-electron chi connectivity index (χ1n) is 8.75. The second-order valence-electron chi connectivity index (χ2n) is 7.46. The molecule has 2 N–H and O–H groups in total. The summed E-state index contributed by atoms with van der Waals surface area (Å²) in [4.78, 5) is 18.6. The van der Waals surface area contributed by atoms with Gasteiger partial charge in [-0.2, -0.15) is 13.2 Å². The number of amides is 1. The van der Waals surface area contributed by atoms with Crippen molar-refractivity contribution in [2.45, 2.75) is 38.5 Å². The summed E-state index contributed by atoms with van der Waals surface area (Å²) in [5, 5.41) is 9.01. The van der Waals surface area contributed by atoms with Gasteiger partial charge in [-0.15, -0.1) is 0 Å². The van der Waals surface area contributed by atoms with E-state index >= 15 is 0 Å². The molecule has 0 saturated heterocycles. The molecule has 2 aromatic rings. The molecule has 0 unspecified atom stereocenters. The number of nitrogens with one attached hydrogen (secondary N) is 1. The predicted molar refractivity (Wildman–Crippen MR) is 96.5 cm³/mol. The Labute approximate surface area is 159 Å². The normalized spacial score (nSPS) is 17.2. The van der Waals surface area contributed by atoms with E-state index in [-0.39, 0.29) is 6.42 Å². The summed E-state index contributed by atoms with van der Waals surface area (Å²) in [6, 6.07) is 8.87. The molecule has 1 amide bonds. The Balaban J connectivity index is 1.69. The molecule has 28 heavy (non-hydrogen) atoms. The van der Waals surface area contributed by atoms with Crippen LogP contribution in [0.2, 0.25) is 0 Å². The van der Waals surface area contributed by atoms with Gasteiger partial charge in [0.2, 0.25) is 0 Å². The molecule has 2 aromatic carbocycles. The molecule has 8 heteroatoms. The van der Waals surface area contributed by atoms with Crippen LogP contribution in [0.3, 0.4) is 0 Å². The lowest BCUT2D eigenvalue weighted by atomic mass is 9.91. The fraction of sp³-hybridized carbons (Fsp3) is 0.300. The van der Waals surface area contributed by atoms with Crippen molar-refractivity contribution in [2.24, 2.45) is 4.99 Å². The smallest absolute Gasteiger partial charge is 0.346 e. The van der Waals surface area contributed by atoms with Gasteiger partial charge in [0.25, 0.3) is 5.91 Å². The first-order valence-corrected chi connectivity index (χ1v) is 8.75. The van der Waals surface area contributed by atoms with Crippen molar-refractivity contribution in [1.82, 2.24) is 10.4 Å². The monoisotopic (exact) mass is 389 g/mol. The van der Waals surface area contributed by atoms with Gasteiger partial charge in [-0.25, -0.2) is 10.5 Å². The second-order valence-corrected chi connectivity index (χ2v) is 7.46. The number of rotatable bonds is 1. The molecule has 0 atom stereocenters. The van der Waals surface area contributed by atoms with Crippen molar-refractivity contribution in [2.75, 3.05) is 0 Å². The fourth-order valence-corrected chi connectivity index (χ4v) is 4.04. The zero-order valence-electron chi connectivity index (χ0n) is 15.3. The molecular formula is C20H18F3N3O2. The van der Waals surface area contributed by atoms with Crippen molar-refractivity contribution in [3.8, 4) is 0 Å². The summed E-state index contributed by atoms with van der Waals surface area (Å²) < 4.78 is 39.0. The lowest BCUT2D eigenvalue weighted by molar-refractivity contribution is -0.137. The first kappa shape index (κ1) is 18.5. The van der Waals surface area contributed by atoms with E-state index in [4.69, 9.17) is 5.21 Å². The summed E-state index contributed by atoms with van der Waals surface area (Å²) in [5.74, 6) is 0.0619. The number of nitrogens with zero attached hydrogens (tertiary/aromatic N) is 2. The molecule has 4 rings (SSSR count). The number of fused-ring (bicyclic) bond motifs is 2. The van der Waals surface area contributed by atoms with Crippen LogP contribution in [0.5, 0.6) is 0 Å². The highest BCUT2D eigenvalue weighted by atomic mass is 19.4. The summed E-state index contributed by atoms with van der Waals surface area (Å²) in [7, 11) is 0. The van der Waals surface area contributed by atoms with Gasteiger partial charge in [-0.1, -0.05) is 12.1 Å². The van der Waals surface area contributed by atoms with E-state index in [1.807, 2.05) is 24.8 Å². The van der Waals surface area contributed by atoms with Crippen LogP contribution in [-0.2, 0) is 24.7 Å². The number of hydrogen-bond donors (Lipinski definition) is 2. The van der Waals surface area contributed by atoms with Crippen LogP contribution < -0.4 is 5.48 Å². The second kappa shape index (κ2) is 6.07. The standard InChI is InChI=1S/C20H18F3N3O2/c1-19(2)15-5-3-4-13(18(27)25-28)14(15)10-26(19)17-9-11-8-12(20(21,22)23)6-7-16(11)24-17/h3-8,28H,9-10H2,1-2H3,(H,25,27). The lowest BCUT2D eigenvalue weighted by Gasteiger charge is -2.34. The molecule has 0 aliphatic carbocycles. The maximum atomic E-state index is 13.0. The van der Waals surface area contributed by atoms with Gasteiger partial charge in [-0.3, -0.25) is 10.0 Å². The number of benzene rings is 2. The molecule has 5 nitrogen and oxygen atoms in total. The molecule has 0 bridgehead atoms. The summed E-state index contributed by atoms with van der Waals surface area (Å²) in [6.45, 7) is 4.34. The molecule has 146 valence electrons. The minimum absolute atomic E-state index is 0.290. The van der Waals surface area contributed by atoms with E-state index < -0.39 is 23.2 Å². The van der Waals surface area contributed by atoms with Crippen molar-refractivity contribution in [3.05, 3.63) is 64.2 Å². The van der Waals surface area contributed by atoms with Gasteiger partial charge in [0.15, 0.2) is 0 Å². The van der Waals surface area contributed by atoms with Gasteiger partial charge in [0.1, 0.15) is 5.84 Å². The van der Waals surface area contributed by atoms with Crippen LogP contribution in [0.25, 0.3) is 0 Å². The highest BCUT2D eigenvalue weighted by Gasteiger charge is 2.42. The Morgan fingerprint density at radius 3 is 2.68 bits per heavy atom. The van der Waals surface area contributed by atoms with Gasteiger partial charge >= 0.3 is 6.18 Å². The molecular weight excluding hydrogens is 371 g/mol. The van der Waals surface area contributed by atoms with Gasteiger partial charge in [-0.05, 0) is 54.8 Å². The third kappa shape index (κ3) is 2.75. The maximum absolute atomic E-state index is 13.0. The maximum Gasteiger partial charge on any atom is 0.416 e. The van der Waals surface area contributed by atoms with Crippen LogP contribution in [0.15, 0.2) is 41.4 Å². The average Bonchev–Trinajstić information content (AvgIpc) is 3.17. The Bertz CT molecular complexity index is 1010. The van der Waals surface area contributed by atoms with Gasteiger partial charge in [0, 0.05) is 18.5 Å². The fourth-order valence-electron chi connectivity index (χ4n) is 4.04. The molecule has 0 radical (unpaired) electrons. The number of amidine groups is 1. The number of carbonyl (C=O) groups excluding carboxylic acids is 1. The quantitative estimate of drug-likeness (QED) is 0.569. The molecule has 0 aromatic heterocycles. The van der Waals surface area contributed by atoms with Crippen molar-refractivity contribution in [1.29, 1.82) is 0 Å². The first-order chi connectivity index (χ1) is 13.1. The molecule has 0 fully saturated rings. The number of halogens is 3. The molecule has 2 heterocycles. The van der Waals surface area contributed by atoms with E-state index in [0.29, 0.717) is 29.2 Å². The van der Waals surface area contributed by atoms with E-state index in [1.165, 1.54) is 6.07 Å². The number of hydroxylamine groups is 1. The number of alkyl halides is 3. The highest BCUT2D eigenvalue weighted by Crippen LogP contribution is 2.43. The summed E-state index contributed by atoms with van der Waals surface area (Å²) in [5.41, 5.74) is 3.59. The Morgan fingerprint density at radius 2 is 2.00 bits per heavy atom. The Hall–Kier alpha value is -2.87. The zero-order valence-corrected chi connectivity index (χ0v) is 15.3. The van der Waals surface area contributed by atoms with E-state index in [9.17, 15) is 18.0 Å². The van der Waals surface area contributed by atoms with Crippen LogP contribution in [-0.4, -0.2) is 21.8 Å². The van der Waals surface area contributed by atoms with Crippen LogP contribution in [0.4, 0.5) is 18.9 Å². The van der Waals surface area contributed by atoms with Crippen LogP contribution >= 0.6 is 0 Å². The topological polar surface area (TPSA) is 64.9 Å².